The summed E-state index contributed by atoms with van der Waals surface area (Å²) in [7, 11) is 0. The molecule has 0 saturated carbocycles. The molecule has 0 amide bonds. The van der Waals surface area contributed by atoms with Gasteiger partial charge in [0, 0.05) is 5.38 Å². The zero-order valence-electron chi connectivity index (χ0n) is 4.18. The molecule has 0 fully saturated rings. The standard InChI is InChI=1S/C4H2ClNO2S/c5-3(7)2-1-9-4(8)6-2/h1H,(H,6,8). The molecule has 0 unspecified atom stereocenters. The first-order chi connectivity index (χ1) is 4.20. The van der Waals surface area contributed by atoms with Crippen LogP contribution in [0.4, 0.5) is 0 Å². The fourth-order valence-electron chi connectivity index (χ4n) is 0.377. The van der Waals surface area contributed by atoms with Crippen LogP contribution in [0.25, 0.3) is 0 Å². The maximum absolute atomic E-state index is 10.3. The average molecular weight is 164 g/mol. The minimum atomic E-state index is -0.631. The summed E-state index contributed by atoms with van der Waals surface area (Å²) in [5.74, 6) is 0. The van der Waals surface area contributed by atoms with Crippen molar-refractivity contribution in [3.05, 3.63) is 20.7 Å². The highest BCUT2D eigenvalue weighted by atomic mass is 35.5. The molecule has 1 aromatic rings. The molecule has 5 heteroatoms. The molecular formula is C4H2ClNO2S. The second-order valence-electron chi connectivity index (χ2n) is 1.34. The van der Waals surface area contributed by atoms with E-state index in [1.807, 2.05) is 0 Å². The first kappa shape index (κ1) is 6.51. The molecular weight excluding hydrogens is 162 g/mol. The summed E-state index contributed by atoms with van der Waals surface area (Å²) >= 11 is 5.93. The van der Waals surface area contributed by atoms with E-state index in [1.54, 1.807) is 0 Å². The van der Waals surface area contributed by atoms with Crippen molar-refractivity contribution in [1.82, 2.24) is 4.98 Å². The summed E-state index contributed by atoms with van der Waals surface area (Å²) in [6.45, 7) is 0. The van der Waals surface area contributed by atoms with E-state index < -0.39 is 5.24 Å². The number of aromatic amines is 1. The Balaban J connectivity index is 3.12. The van der Waals surface area contributed by atoms with E-state index >= 15 is 0 Å². The molecule has 1 aromatic heterocycles. The monoisotopic (exact) mass is 163 g/mol. The lowest BCUT2D eigenvalue weighted by atomic mass is 10.6. The zero-order valence-corrected chi connectivity index (χ0v) is 5.75. The Hall–Kier alpha value is -0.610. The maximum Gasteiger partial charge on any atom is 0.305 e. The van der Waals surface area contributed by atoms with E-state index in [9.17, 15) is 9.59 Å². The highest BCUT2D eigenvalue weighted by molar-refractivity contribution is 7.07. The Morgan fingerprint density at radius 1 is 1.78 bits per heavy atom. The van der Waals surface area contributed by atoms with E-state index in [1.165, 1.54) is 5.38 Å². The Morgan fingerprint density at radius 2 is 2.44 bits per heavy atom. The molecule has 0 aliphatic rings. The van der Waals surface area contributed by atoms with Gasteiger partial charge in [0.05, 0.1) is 0 Å². The van der Waals surface area contributed by atoms with Crippen LogP contribution in [-0.4, -0.2) is 10.2 Å². The predicted molar refractivity (Wildman–Crippen MR) is 35.1 cm³/mol. The number of hydrogen-bond acceptors (Lipinski definition) is 3. The van der Waals surface area contributed by atoms with Crippen LogP contribution >= 0.6 is 22.9 Å². The highest BCUT2D eigenvalue weighted by Crippen LogP contribution is 1.98. The minimum absolute atomic E-state index is 0.159. The van der Waals surface area contributed by atoms with Gasteiger partial charge in [-0.05, 0) is 11.6 Å². The second kappa shape index (κ2) is 2.33. The van der Waals surface area contributed by atoms with Crippen molar-refractivity contribution in [1.29, 1.82) is 0 Å². The van der Waals surface area contributed by atoms with Gasteiger partial charge in [0.1, 0.15) is 5.69 Å². The molecule has 0 radical (unpaired) electrons. The number of halogens is 1. The minimum Gasteiger partial charge on any atom is -0.309 e. The molecule has 0 spiro atoms. The lowest BCUT2D eigenvalue weighted by Gasteiger charge is -1.77. The van der Waals surface area contributed by atoms with E-state index in [0.717, 1.165) is 11.3 Å². The van der Waals surface area contributed by atoms with Gasteiger partial charge in [-0.1, -0.05) is 11.3 Å². The number of aromatic nitrogens is 1. The zero-order chi connectivity index (χ0) is 6.85. The van der Waals surface area contributed by atoms with Gasteiger partial charge in [0.15, 0.2) is 0 Å². The van der Waals surface area contributed by atoms with Crippen molar-refractivity contribution in [3.8, 4) is 0 Å². The number of rotatable bonds is 1. The third kappa shape index (κ3) is 1.40. The van der Waals surface area contributed by atoms with Crippen molar-refractivity contribution in [3.63, 3.8) is 0 Å². The quantitative estimate of drug-likeness (QED) is 0.623. The molecule has 3 nitrogen and oxygen atoms in total. The Kier molecular flexibility index (Phi) is 1.68. The van der Waals surface area contributed by atoms with Crippen LogP contribution in [0.2, 0.25) is 0 Å². The van der Waals surface area contributed by atoms with Gasteiger partial charge in [0.2, 0.25) is 0 Å². The van der Waals surface area contributed by atoms with E-state index in [2.05, 4.69) is 4.98 Å². The van der Waals surface area contributed by atoms with Crippen molar-refractivity contribution in [2.45, 2.75) is 0 Å². The fraction of sp³-hybridized carbons (Fsp3) is 0. The first-order valence-corrected chi connectivity index (χ1v) is 3.33. The third-order valence-corrected chi connectivity index (χ3v) is 1.61. The van der Waals surface area contributed by atoms with Gasteiger partial charge in [-0.3, -0.25) is 9.59 Å². The normalized spacial score (nSPS) is 9.44. The number of hydrogen-bond donors (Lipinski definition) is 1. The number of H-pyrrole nitrogens is 1. The lowest BCUT2D eigenvalue weighted by molar-refractivity contribution is 0.107. The fourth-order valence-corrected chi connectivity index (χ4v) is 1.10. The second-order valence-corrected chi connectivity index (χ2v) is 2.52. The molecule has 0 aromatic carbocycles. The average Bonchev–Trinajstić information content (AvgIpc) is 2.14. The Morgan fingerprint density at radius 3 is 2.67 bits per heavy atom. The summed E-state index contributed by atoms with van der Waals surface area (Å²) in [5, 5.41) is 0.755. The van der Waals surface area contributed by atoms with Gasteiger partial charge in [-0.15, -0.1) is 0 Å². The van der Waals surface area contributed by atoms with Crippen LogP contribution in [0.3, 0.4) is 0 Å². The number of carbonyl (C=O) groups excluding carboxylic acids is 1. The van der Waals surface area contributed by atoms with Crippen molar-refractivity contribution < 1.29 is 4.79 Å². The van der Waals surface area contributed by atoms with E-state index in [4.69, 9.17) is 11.6 Å². The van der Waals surface area contributed by atoms with Crippen molar-refractivity contribution in [2.24, 2.45) is 0 Å². The lowest BCUT2D eigenvalue weighted by Crippen LogP contribution is -1.96. The Labute approximate surface area is 59.3 Å². The van der Waals surface area contributed by atoms with E-state index in [-0.39, 0.29) is 10.6 Å². The molecule has 1 N–H and O–H groups in total. The SMILES string of the molecule is O=C(Cl)c1csc(=O)[nH]1. The van der Waals surface area contributed by atoms with Gasteiger partial charge in [0.25, 0.3) is 5.24 Å². The molecule has 1 heterocycles. The summed E-state index contributed by atoms with van der Waals surface area (Å²) in [4.78, 5) is 22.6. The van der Waals surface area contributed by atoms with Gasteiger partial charge < -0.3 is 4.98 Å². The highest BCUT2D eigenvalue weighted by Gasteiger charge is 2.01. The largest absolute Gasteiger partial charge is 0.309 e. The molecule has 1 rings (SSSR count). The van der Waals surface area contributed by atoms with Gasteiger partial charge >= 0.3 is 4.87 Å². The first-order valence-electron chi connectivity index (χ1n) is 2.08. The van der Waals surface area contributed by atoms with Crippen LogP contribution in [0, 0.1) is 0 Å². The summed E-state index contributed by atoms with van der Waals surface area (Å²) in [6, 6.07) is 0. The maximum atomic E-state index is 10.3. The topological polar surface area (TPSA) is 49.9 Å². The van der Waals surface area contributed by atoms with Crippen molar-refractivity contribution >= 4 is 28.2 Å². The molecule has 0 saturated heterocycles. The van der Waals surface area contributed by atoms with Crippen LogP contribution < -0.4 is 4.87 Å². The summed E-state index contributed by atoms with van der Waals surface area (Å²) in [5.41, 5.74) is 0.159. The molecule has 0 aliphatic carbocycles. The third-order valence-electron chi connectivity index (χ3n) is 0.732. The molecule has 0 aliphatic heterocycles. The van der Waals surface area contributed by atoms with Gasteiger partial charge in [-0.25, -0.2) is 0 Å². The number of thiazole rings is 1. The van der Waals surface area contributed by atoms with E-state index in [0.29, 0.717) is 0 Å². The van der Waals surface area contributed by atoms with Gasteiger partial charge in [-0.2, -0.15) is 0 Å². The van der Waals surface area contributed by atoms with Crippen LogP contribution in [-0.2, 0) is 0 Å². The summed E-state index contributed by atoms with van der Waals surface area (Å²) < 4.78 is 0. The number of carbonyl (C=O) groups is 1. The molecule has 48 valence electrons. The predicted octanol–water partition coefficient (Wildman–Crippen LogP) is 0.815. The Bertz CT molecular complexity index is 276. The van der Waals surface area contributed by atoms with Crippen LogP contribution in [0.15, 0.2) is 10.2 Å². The van der Waals surface area contributed by atoms with Crippen LogP contribution in [0.1, 0.15) is 10.5 Å². The van der Waals surface area contributed by atoms with Crippen molar-refractivity contribution in [2.75, 3.05) is 0 Å². The molecule has 9 heavy (non-hydrogen) atoms. The van der Waals surface area contributed by atoms with Crippen LogP contribution in [0.5, 0.6) is 0 Å². The molecule has 0 bridgehead atoms. The molecule has 0 atom stereocenters. The smallest absolute Gasteiger partial charge is 0.305 e. The number of nitrogens with one attached hydrogen (secondary N) is 1. The summed E-state index contributed by atoms with van der Waals surface area (Å²) in [6.07, 6.45) is 0.